The first kappa shape index (κ1) is 14.7. The Hall–Kier alpha value is -2.34. The lowest BCUT2D eigenvalue weighted by atomic mass is 9.38. The number of benzene rings is 1. The molecule has 0 radical (unpaired) electrons. The van der Waals surface area contributed by atoms with Crippen LogP contribution in [0.2, 0.25) is 0 Å². The molecule has 6 heteroatoms. The predicted molar refractivity (Wildman–Crippen MR) is 98.1 cm³/mol. The van der Waals surface area contributed by atoms with Crippen LogP contribution in [0.3, 0.4) is 0 Å². The predicted octanol–water partition coefficient (Wildman–Crippen LogP) is 2.18. The molecule has 3 fully saturated rings. The largest absolute Gasteiger partial charge is 0.361 e. The molecule has 138 valence electrons. The van der Waals surface area contributed by atoms with E-state index in [4.69, 9.17) is 4.74 Å². The zero-order chi connectivity index (χ0) is 18.2. The van der Waals surface area contributed by atoms with Crippen molar-refractivity contribution in [3.8, 4) is 5.69 Å². The van der Waals surface area contributed by atoms with Crippen molar-refractivity contribution in [2.75, 3.05) is 0 Å². The minimum Gasteiger partial charge on any atom is -0.361 e. The summed E-state index contributed by atoms with van der Waals surface area (Å²) in [4.78, 5) is 26.7. The molecule has 1 aromatic heterocycles. The summed E-state index contributed by atoms with van der Waals surface area (Å²) in [7, 11) is 0. The van der Waals surface area contributed by atoms with E-state index >= 15 is 0 Å². The summed E-state index contributed by atoms with van der Waals surface area (Å²) in [6, 6.07) is 9.02. The molecule has 0 spiro atoms. The van der Waals surface area contributed by atoms with Crippen LogP contribution in [0, 0.1) is 11.3 Å². The highest BCUT2D eigenvalue weighted by atomic mass is 16.6. The Morgan fingerprint density at radius 1 is 1.00 bits per heavy atom. The molecular weight excluding hydrogens is 342 g/mol. The number of rotatable bonds is 1. The number of hydrogen-bond donors (Lipinski definition) is 0. The second-order valence-corrected chi connectivity index (χ2v) is 9.03. The van der Waals surface area contributed by atoms with E-state index in [9.17, 15) is 9.59 Å². The van der Waals surface area contributed by atoms with Gasteiger partial charge in [0.05, 0.1) is 17.8 Å². The molecule has 3 aliphatic carbocycles. The topological polar surface area (TPSA) is 61.5 Å². The van der Waals surface area contributed by atoms with Gasteiger partial charge < -0.3 is 4.74 Å². The van der Waals surface area contributed by atoms with Crippen LogP contribution in [-0.4, -0.2) is 25.1 Å². The molecule has 6 atom stereocenters. The Morgan fingerprint density at radius 3 is 2.56 bits per heavy atom. The van der Waals surface area contributed by atoms with Crippen LogP contribution >= 0.6 is 0 Å². The van der Waals surface area contributed by atoms with Crippen molar-refractivity contribution in [3.05, 3.63) is 63.5 Å². The molecule has 6 nitrogen and oxygen atoms in total. The Balaban J connectivity index is 1.50. The number of hydrogen-bond acceptors (Lipinski definition) is 3. The van der Waals surface area contributed by atoms with Crippen molar-refractivity contribution in [3.63, 3.8) is 0 Å². The molecule has 6 aliphatic rings. The molecular formula is C21H21N3O3. The fraction of sp³-hybridized carbons (Fsp3) is 0.524. The molecule has 0 amide bonds. The van der Waals surface area contributed by atoms with Gasteiger partial charge in [0.1, 0.15) is 11.2 Å². The summed E-state index contributed by atoms with van der Waals surface area (Å²) >= 11 is 0. The molecule has 27 heavy (non-hydrogen) atoms. The molecule has 2 aromatic rings. The molecule has 2 bridgehead atoms. The van der Waals surface area contributed by atoms with E-state index in [1.807, 2.05) is 30.3 Å². The fourth-order valence-electron chi connectivity index (χ4n) is 7.46. The normalized spacial score (nSPS) is 44.7. The summed E-state index contributed by atoms with van der Waals surface area (Å²) < 4.78 is 11.3. The van der Waals surface area contributed by atoms with Crippen molar-refractivity contribution < 1.29 is 4.74 Å². The molecule has 3 aliphatic heterocycles. The van der Waals surface area contributed by atoms with E-state index in [2.05, 4.69) is 19.1 Å². The summed E-state index contributed by atoms with van der Waals surface area (Å²) in [6.07, 6.45) is 8.84. The van der Waals surface area contributed by atoms with Gasteiger partial charge in [0, 0.05) is 11.3 Å². The number of nitrogens with zero attached hydrogens (tertiary/aromatic N) is 3. The van der Waals surface area contributed by atoms with Gasteiger partial charge in [-0.2, -0.15) is 0 Å². The highest BCUT2D eigenvalue weighted by Gasteiger charge is 2.95. The number of para-hydroxylation sites is 1. The summed E-state index contributed by atoms with van der Waals surface area (Å²) in [5, 5.41) is 0. The standard InChI is InChI=1S/C21H21N3O3/c1-19-15-10-9-14(16(19)20-11-5-6-12-21(19,20)27-20)23-17(25)22(18(26)24(15)23)13-7-3-2-4-8-13/h2-4,7-10,14-16H,5-6,11-12H2,1H3. The fourth-order valence-corrected chi connectivity index (χ4v) is 7.46. The third kappa shape index (κ3) is 1.21. The van der Waals surface area contributed by atoms with E-state index in [0.717, 1.165) is 12.8 Å². The first-order valence-electron chi connectivity index (χ1n) is 9.97. The van der Waals surface area contributed by atoms with Crippen molar-refractivity contribution in [2.24, 2.45) is 11.3 Å². The number of ether oxygens (including phenoxy) is 1. The highest BCUT2D eigenvalue weighted by molar-refractivity contribution is 5.46. The Bertz CT molecular complexity index is 1160. The first-order chi connectivity index (χ1) is 13.1. The molecule has 0 N–H and O–H groups in total. The third-order valence-electron chi connectivity index (χ3n) is 8.36. The second kappa shape index (κ2) is 4.07. The van der Waals surface area contributed by atoms with Gasteiger partial charge >= 0.3 is 11.4 Å². The minimum atomic E-state index is -0.240. The first-order valence-corrected chi connectivity index (χ1v) is 9.97. The van der Waals surface area contributed by atoms with Crippen LogP contribution in [0.1, 0.15) is 44.7 Å². The number of allylic oxidation sites excluding steroid dienone is 2. The van der Waals surface area contributed by atoms with Crippen LogP contribution in [0.5, 0.6) is 0 Å². The zero-order valence-corrected chi connectivity index (χ0v) is 15.2. The van der Waals surface area contributed by atoms with Gasteiger partial charge in [0.15, 0.2) is 0 Å². The van der Waals surface area contributed by atoms with Gasteiger partial charge in [-0.15, -0.1) is 0 Å². The van der Waals surface area contributed by atoms with Crippen molar-refractivity contribution in [1.82, 2.24) is 13.9 Å². The molecule has 6 unspecified atom stereocenters. The van der Waals surface area contributed by atoms with Crippen LogP contribution in [-0.2, 0) is 4.74 Å². The van der Waals surface area contributed by atoms with Crippen molar-refractivity contribution in [1.29, 1.82) is 0 Å². The van der Waals surface area contributed by atoms with Crippen molar-refractivity contribution in [2.45, 2.75) is 55.9 Å². The van der Waals surface area contributed by atoms with E-state index in [1.54, 1.807) is 9.36 Å². The lowest BCUT2D eigenvalue weighted by molar-refractivity contribution is -0.128. The van der Waals surface area contributed by atoms with Crippen LogP contribution < -0.4 is 11.4 Å². The zero-order valence-electron chi connectivity index (χ0n) is 15.2. The van der Waals surface area contributed by atoms with E-state index in [1.165, 1.54) is 17.4 Å². The average molecular weight is 363 g/mol. The average Bonchev–Trinajstić information content (AvgIpc) is 3.26. The summed E-state index contributed by atoms with van der Waals surface area (Å²) in [5.41, 5.74) is -0.107. The van der Waals surface area contributed by atoms with Gasteiger partial charge in [-0.25, -0.2) is 23.5 Å². The van der Waals surface area contributed by atoms with Gasteiger partial charge in [0.2, 0.25) is 0 Å². The quantitative estimate of drug-likeness (QED) is 0.576. The van der Waals surface area contributed by atoms with Gasteiger partial charge in [0.25, 0.3) is 0 Å². The Kier molecular flexibility index (Phi) is 2.21. The molecule has 4 heterocycles. The van der Waals surface area contributed by atoms with Crippen LogP contribution in [0.4, 0.5) is 0 Å². The smallest absolute Gasteiger partial charge is 0.352 e. The molecule has 8 rings (SSSR count). The van der Waals surface area contributed by atoms with Crippen molar-refractivity contribution >= 4 is 0 Å². The number of aromatic nitrogens is 3. The SMILES string of the molecule is CC12C3C=CC(C1C14CCCCC12O4)n1c(=O)n(-c2ccccc2)c(=O)n13. The third-order valence-corrected chi connectivity index (χ3v) is 8.36. The second-order valence-electron chi connectivity index (χ2n) is 9.03. The Morgan fingerprint density at radius 2 is 1.74 bits per heavy atom. The molecule has 2 saturated carbocycles. The van der Waals surface area contributed by atoms with E-state index < -0.39 is 0 Å². The maximum atomic E-state index is 13.3. The van der Waals surface area contributed by atoms with Gasteiger partial charge in [-0.05, 0) is 25.0 Å². The highest BCUT2D eigenvalue weighted by Crippen LogP contribution is 2.87. The summed E-state index contributed by atoms with van der Waals surface area (Å²) in [5.74, 6) is 0.282. The number of epoxide rings is 1. The molecule has 1 saturated heterocycles. The Labute approximate surface area is 155 Å². The lowest BCUT2D eigenvalue weighted by Crippen LogP contribution is -2.73. The van der Waals surface area contributed by atoms with E-state index in [-0.39, 0.29) is 46.0 Å². The monoisotopic (exact) mass is 363 g/mol. The van der Waals surface area contributed by atoms with Gasteiger partial charge in [-0.3, -0.25) is 0 Å². The van der Waals surface area contributed by atoms with Crippen LogP contribution in [0.25, 0.3) is 5.69 Å². The van der Waals surface area contributed by atoms with Gasteiger partial charge in [-0.1, -0.05) is 50.1 Å². The molecule has 1 aromatic carbocycles. The maximum Gasteiger partial charge on any atom is 0.352 e. The lowest BCUT2D eigenvalue weighted by Gasteiger charge is -2.65. The minimum absolute atomic E-state index is 0.0662. The summed E-state index contributed by atoms with van der Waals surface area (Å²) in [6.45, 7) is 2.29. The van der Waals surface area contributed by atoms with E-state index in [0.29, 0.717) is 5.69 Å². The van der Waals surface area contributed by atoms with Crippen LogP contribution in [0.15, 0.2) is 52.1 Å². The maximum absolute atomic E-state index is 13.3.